The molecule has 0 aromatic rings. The van der Waals surface area contributed by atoms with Crippen LogP contribution in [-0.2, 0) is 4.74 Å². The van der Waals surface area contributed by atoms with Gasteiger partial charge in [-0.1, -0.05) is 0 Å². The van der Waals surface area contributed by atoms with Crippen LogP contribution in [0, 0.1) is 0 Å². The Balaban J connectivity index is 3.33. The SMILES string of the molecule is CCOCC(C)NC(C)CCO. The van der Waals surface area contributed by atoms with E-state index >= 15 is 0 Å². The van der Waals surface area contributed by atoms with Crippen LogP contribution in [0.3, 0.4) is 0 Å². The summed E-state index contributed by atoms with van der Waals surface area (Å²) >= 11 is 0. The molecular formula is C9H21NO2. The Labute approximate surface area is 75.1 Å². The van der Waals surface area contributed by atoms with Crippen LogP contribution in [0.2, 0.25) is 0 Å². The van der Waals surface area contributed by atoms with Crippen LogP contribution >= 0.6 is 0 Å². The summed E-state index contributed by atoms with van der Waals surface area (Å²) in [5, 5.41) is 12.0. The third kappa shape index (κ3) is 6.58. The standard InChI is InChI=1S/C9H21NO2/c1-4-12-7-9(3)10-8(2)5-6-11/h8-11H,4-7H2,1-3H3. The second-order valence-electron chi connectivity index (χ2n) is 3.14. The summed E-state index contributed by atoms with van der Waals surface area (Å²) in [5.74, 6) is 0. The first-order valence-corrected chi connectivity index (χ1v) is 4.65. The van der Waals surface area contributed by atoms with Crippen LogP contribution in [0.25, 0.3) is 0 Å². The molecule has 0 aliphatic rings. The van der Waals surface area contributed by atoms with Crippen molar-refractivity contribution in [3.05, 3.63) is 0 Å². The molecule has 0 saturated carbocycles. The Morgan fingerprint density at radius 3 is 2.50 bits per heavy atom. The number of hydrogen-bond acceptors (Lipinski definition) is 3. The van der Waals surface area contributed by atoms with Crippen molar-refractivity contribution in [2.45, 2.75) is 39.3 Å². The molecule has 2 unspecified atom stereocenters. The molecule has 0 rings (SSSR count). The molecule has 0 heterocycles. The van der Waals surface area contributed by atoms with E-state index in [0.29, 0.717) is 12.1 Å². The van der Waals surface area contributed by atoms with E-state index in [4.69, 9.17) is 9.84 Å². The number of aliphatic hydroxyl groups is 1. The largest absolute Gasteiger partial charge is 0.396 e. The summed E-state index contributed by atoms with van der Waals surface area (Å²) in [5.41, 5.74) is 0. The molecule has 3 nitrogen and oxygen atoms in total. The first-order valence-electron chi connectivity index (χ1n) is 4.65. The predicted octanol–water partition coefficient (Wildman–Crippen LogP) is 0.772. The third-order valence-electron chi connectivity index (χ3n) is 1.70. The lowest BCUT2D eigenvalue weighted by Gasteiger charge is -2.18. The van der Waals surface area contributed by atoms with Crippen LogP contribution in [-0.4, -0.2) is 37.0 Å². The molecule has 0 amide bonds. The molecule has 0 aromatic carbocycles. The number of hydrogen-bond donors (Lipinski definition) is 2. The molecule has 0 spiro atoms. The molecule has 0 radical (unpaired) electrons. The minimum absolute atomic E-state index is 0.246. The van der Waals surface area contributed by atoms with E-state index in [1.54, 1.807) is 0 Å². The highest BCUT2D eigenvalue weighted by molar-refractivity contribution is 4.66. The third-order valence-corrected chi connectivity index (χ3v) is 1.70. The topological polar surface area (TPSA) is 41.5 Å². The van der Waals surface area contributed by atoms with Crippen LogP contribution < -0.4 is 5.32 Å². The maximum atomic E-state index is 8.65. The van der Waals surface area contributed by atoms with Gasteiger partial charge in [0.2, 0.25) is 0 Å². The monoisotopic (exact) mass is 175 g/mol. The Morgan fingerprint density at radius 2 is 2.00 bits per heavy atom. The molecule has 2 atom stereocenters. The quantitative estimate of drug-likeness (QED) is 0.600. The summed E-state index contributed by atoms with van der Waals surface area (Å²) in [6.45, 7) is 7.90. The number of nitrogens with one attached hydrogen (secondary N) is 1. The summed E-state index contributed by atoms with van der Waals surface area (Å²) in [7, 11) is 0. The van der Waals surface area contributed by atoms with Gasteiger partial charge in [0.1, 0.15) is 0 Å². The summed E-state index contributed by atoms with van der Waals surface area (Å²) < 4.78 is 5.25. The molecule has 0 bridgehead atoms. The molecule has 0 aromatic heterocycles. The zero-order chi connectivity index (χ0) is 9.40. The zero-order valence-corrected chi connectivity index (χ0v) is 8.34. The van der Waals surface area contributed by atoms with Crippen LogP contribution in [0.4, 0.5) is 0 Å². The van der Waals surface area contributed by atoms with E-state index in [1.165, 1.54) is 0 Å². The number of aliphatic hydroxyl groups excluding tert-OH is 1. The van der Waals surface area contributed by atoms with Crippen molar-refractivity contribution >= 4 is 0 Å². The van der Waals surface area contributed by atoms with Crippen molar-refractivity contribution < 1.29 is 9.84 Å². The van der Waals surface area contributed by atoms with Crippen molar-refractivity contribution in [2.24, 2.45) is 0 Å². The van der Waals surface area contributed by atoms with Crippen molar-refractivity contribution in [3.8, 4) is 0 Å². The molecule has 0 aliphatic carbocycles. The highest BCUT2D eigenvalue weighted by atomic mass is 16.5. The normalized spacial score (nSPS) is 16.0. The highest BCUT2D eigenvalue weighted by Crippen LogP contribution is 1.92. The average Bonchev–Trinajstić information content (AvgIpc) is 2.01. The molecule has 74 valence electrons. The minimum atomic E-state index is 0.246. The first kappa shape index (κ1) is 11.9. The van der Waals surface area contributed by atoms with Crippen molar-refractivity contribution in [3.63, 3.8) is 0 Å². The smallest absolute Gasteiger partial charge is 0.0616 e. The number of rotatable bonds is 7. The Hall–Kier alpha value is -0.120. The second kappa shape index (κ2) is 7.53. The van der Waals surface area contributed by atoms with E-state index in [1.807, 2.05) is 6.92 Å². The van der Waals surface area contributed by atoms with Gasteiger partial charge in [0, 0.05) is 25.3 Å². The van der Waals surface area contributed by atoms with Crippen LogP contribution in [0.5, 0.6) is 0 Å². The minimum Gasteiger partial charge on any atom is -0.396 e. The summed E-state index contributed by atoms with van der Waals surface area (Å²) in [6, 6.07) is 0.733. The van der Waals surface area contributed by atoms with E-state index in [-0.39, 0.29) is 6.61 Å². The van der Waals surface area contributed by atoms with E-state index in [0.717, 1.165) is 19.6 Å². The van der Waals surface area contributed by atoms with Gasteiger partial charge in [0.05, 0.1) is 6.61 Å². The Bertz CT molecular complexity index is 98.5. The van der Waals surface area contributed by atoms with E-state index < -0.39 is 0 Å². The van der Waals surface area contributed by atoms with Gasteiger partial charge in [-0.15, -0.1) is 0 Å². The summed E-state index contributed by atoms with van der Waals surface area (Å²) in [4.78, 5) is 0. The number of ether oxygens (including phenoxy) is 1. The zero-order valence-electron chi connectivity index (χ0n) is 8.34. The lowest BCUT2D eigenvalue weighted by atomic mass is 10.2. The van der Waals surface area contributed by atoms with Gasteiger partial charge in [0.25, 0.3) is 0 Å². The molecule has 0 fully saturated rings. The second-order valence-corrected chi connectivity index (χ2v) is 3.14. The molecule has 3 heteroatoms. The fourth-order valence-electron chi connectivity index (χ4n) is 1.11. The molecule has 12 heavy (non-hydrogen) atoms. The molecule has 0 saturated heterocycles. The van der Waals surface area contributed by atoms with Crippen molar-refractivity contribution in [1.82, 2.24) is 5.32 Å². The first-order chi connectivity index (χ1) is 5.70. The highest BCUT2D eigenvalue weighted by Gasteiger charge is 2.05. The van der Waals surface area contributed by atoms with Gasteiger partial charge < -0.3 is 15.2 Å². The van der Waals surface area contributed by atoms with Crippen LogP contribution in [0.1, 0.15) is 27.2 Å². The van der Waals surface area contributed by atoms with Gasteiger partial charge >= 0.3 is 0 Å². The van der Waals surface area contributed by atoms with Gasteiger partial charge in [-0.25, -0.2) is 0 Å². The average molecular weight is 175 g/mol. The lowest BCUT2D eigenvalue weighted by Crippen LogP contribution is -2.37. The Kier molecular flexibility index (Phi) is 7.45. The van der Waals surface area contributed by atoms with Gasteiger partial charge in [-0.05, 0) is 27.2 Å². The fraction of sp³-hybridized carbons (Fsp3) is 1.00. The van der Waals surface area contributed by atoms with Crippen LogP contribution in [0.15, 0.2) is 0 Å². The summed E-state index contributed by atoms with van der Waals surface area (Å²) in [6.07, 6.45) is 0.802. The Morgan fingerprint density at radius 1 is 1.33 bits per heavy atom. The maximum absolute atomic E-state index is 8.65. The van der Waals surface area contributed by atoms with Crippen molar-refractivity contribution in [1.29, 1.82) is 0 Å². The van der Waals surface area contributed by atoms with Gasteiger partial charge in [0.15, 0.2) is 0 Å². The van der Waals surface area contributed by atoms with Gasteiger partial charge in [-0.2, -0.15) is 0 Å². The lowest BCUT2D eigenvalue weighted by molar-refractivity contribution is 0.122. The molecule has 2 N–H and O–H groups in total. The fourth-order valence-corrected chi connectivity index (χ4v) is 1.11. The van der Waals surface area contributed by atoms with E-state index in [2.05, 4.69) is 19.2 Å². The van der Waals surface area contributed by atoms with Gasteiger partial charge in [-0.3, -0.25) is 0 Å². The van der Waals surface area contributed by atoms with Crippen molar-refractivity contribution in [2.75, 3.05) is 19.8 Å². The maximum Gasteiger partial charge on any atom is 0.0616 e. The molecule has 0 aliphatic heterocycles. The molecular weight excluding hydrogens is 154 g/mol. The predicted molar refractivity (Wildman–Crippen MR) is 50.3 cm³/mol. The van der Waals surface area contributed by atoms with E-state index in [9.17, 15) is 0 Å².